The first-order valence-electron chi connectivity index (χ1n) is 7.08. The SMILES string of the molecule is CN(C)/C=C/c1c(C#N)c(=O)n(C)c(=O)n1Cc1ccccc1. The lowest BCUT2D eigenvalue weighted by Crippen LogP contribution is -2.41. The minimum absolute atomic E-state index is 0.0406. The quantitative estimate of drug-likeness (QED) is 0.844. The number of rotatable bonds is 4. The van der Waals surface area contributed by atoms with Crippen molar-refractivity contribution >= 4 is 6.08 Å². The first-order chi connectivity index (χ1) is 11.0. The molecule has 0 unspecified atom stereocenters. The maximum absolute atomic E-state index is 12.5. The van der Waals surface area contributed by atoms with Crippen molar-refractivity contribution in [2.75, 3.05) is 14.1 Å². The average molecular weight is 310 g/mol. The molecule has 0 aliphatic rings. The van der Waals surface area contributed by atoms with Crippen molar-refractivity contribution in [3.63, 3.8) is 0 Å². The van der Waals surface area contributed by atoms with Gasteiger partial charge < -0.3 is 4.90 Å². The molecule has 0 spiro atoms. The van der Waals surface area contributed by atoms with Gasteiger partial charge in [0.15, 0.2) is 0 Å². The van der Waals surface area contributed by atoms with Crippen molar-refractivity contribution in [2.24, 2.45) is 7.05 Å². The van der Waals surface area contributed by atoms with Crippen molar-refractivity contribution in [1.82, 2.24) is 14.0 Å². The van der Waals surface area contributed by atoms with Crippen molar-refractivity contribution in [3.05, 3.63) is 74.2 Å². The van der Waals surface area contributed by atoms with Crippen LogP contribution < -0.4 is 11.2 Å². The molecule has 2 rings (SSSR count). The molecule has 0 saturated carbocycles. The Bertz CT molecular complexity index is 884. The summed E-state index contributed by atoms with van der Waals surface area (Å²) in [5, 5.41) is 9.34. The zero-order valence-electron chi connectivity index (χ0n) is 13.4. The van der Waals surface area contributed by atoms with Crippen LogP contribution >= 0.6 is 0 Å². The number of hydrogen-bond donors (Lipinski definition) is 0. The summed E-state index contributed by atoms with van der Waals surface area (Å²) in [5.74, 6) is 0. The van der Waals surface area contributed by atoms with E-state index >= 15 is 0 Å². The van der Waals surface area contributed by atoms with Crippen LogP contribution in [0.25, 0.3) is 6.08 Å². The van der Waals surface area contributed by atoms with Gasteiger partial charge in [0, 0.05) is 27.3 Å². The first kappa shape index (κ1) is 16.3. The van der Waals surface area contributed by atoms with Gasteiger partial charge in [-0.05, 0) is 11.6 Å². The summed E-state index contributed by atoms with van der Waals surface area (Å²) in [6.07, 6.45) is 3.32. The summed E-state index contributed by atoms with van der Waals surface area (Å²) in [6, 6.07) is 11.3. The molecule has 1 aromatic heterocycles. The molecule has 118 valence electrons. The molecule has 0 fully saturated rings. The Balaban J connectivity index is 2.73. The van der Waals surface area contributed by atoms with Gasteiger partial charge in [0.2, 0.25) is 0 Å². The summed E-state index contributed by atoms with van der Waals surface area (Å²) >= 11 is 0. The van der Waals surface area contributed by atoms with Crippen LogP contribution in [-0.2, 0) is 13.6 Å². The minimum Gasteiger partial charge on any atom is -0.383 e. The standard InChI is InChI=1S/C17H18N4O2/c1-19(2)10-9-15-14(11-18)16(22)20(3)17(23)21(15)12-13-7-5-4-6-8-13/h4-10H,12H2,1-3H3/b10-9+. The predicted octanol–water partition coefficient (Wildman–Crippen LogP) is 0.999. The van der Waals surface area contributed by atoms with Gasteiger partial charge in [-0.2, -0.15) is 5.26 Å². The Morgan fingerprint density at radius 2 is 1.87 bits per heavy atom. The fourth-order valence-electron chi connectivity index (χ4n) is 2.20. The van der Waals surface area contributed by atoms with Gasteiger partial charge in [-0.25, -0.2) is 4.79 Å². The van der Waals surface area contributed by atoms with E-state index in [2.05, 4.69) is 0 Å². The third kappa shape index (κ3) is 3.40. The lowest BCUT2D eigenvalue weighted by Gasteiger charge is -2.14. The Kier molecular flexibility index (Phi) is 4.82. The summed E-state index contributed by atoms with van der Waals surface area (Å²) in [7, 11) is 5.03. The number of benzene rings is 1. The summed E-state index contributed by atoms with van der Waals surface area (Å²) < 4.78 is 2.41. The van der Waals surface area contributed by atoms with Crippen LogP contribution in [0.5, 0.6) is 0 Å². The van der Waals surface area contributed by atoms with Crippen LogP contribution in [-0.4, -0.2) is 28.1 Å². The molecule has 2 aromatic rings. The number of hydrogen-bond acceptors (Lipinski definition) is 4. The molecule has 1 heterocycles. The second kappa shape index (κ2) is 6.79. The highest BCUT2D eigenvalue weighted by molar-refractivity contribution is 5.53. The third-order valence-corrected chi connectivity index (χ3v) is 3.41. The molecule has 0 N–H and O–H groups in total. The largest absolute Gasteiger partial charge is 0.383 e. The van der Waals surface area contributed by atoms with Gasteiger partial charge in [-0.1, -0.05) is 30.3 Å². The predicted molar refractivity (Wildman–Crippen MR) is 88.9 cm³/mol. The van der Waals surface area contributed by atoms with E-state index in [0.717, 1.165) is 10.1 Å². The van der Waals surface area contributed by atoms with Gasteiger partial charge in [0.05, 0.1) is 12.2 Å². The monoisotopic (exact) mass is 310 g/mol. The molecule has 0 atom stereocenters. The molecular weight excluding hydrogens is 292 g/mol. The van der Waals surface area contributed by atoms with E-state index in [1.54, 1.807) is 17.2 Å². The van der Waals surface area contributed by atoms with E-state index in [0.29, 0.717) is 5.69 Å². The zero-order chi connectivity index (χ0) is 17.0. The van der Waals surface area contributed by atoms with Crippen LogP contribution in [0, 0.1) is 11.3 Å². The molecule has 0 saturated heterocycles. The second-order valence-corrected chi connectivity index (χ2v) is 5.37. The third-order valence-electron chi connectivity index (χ3n) is 3.41. The summed E-state index contributed by atoms with van der Waals surface area (Å²) in [5.41, 5.74) is 0.160. The van der Waals surface area contributed by atoms with Crippen LogP contribution in [0.1, 0.15) is 16.8 Å². The van der Waals surface area contributed by atoms with E-state index in [9.17, 15) is 14.9 Å². The van der Waals surface area contributed by atoms with Gasteiger partial charge in [0.25, 0.3) is 5.56 Å². The first-order valence-corrected chi connectivity index (χ1v) is 7.08. The van der Waals surface area contributed by atoms with Gasteiger partial charge >= 0.3 is 5.69 Å². The molecule has 0 bridgehead atoms. The molecule has 1 aromatic carbocycles. The van der Waals surface area contributed by atoms with E-state index in [1.807, 2.05) is 50.5 Å². The van der Waals surface area contributed by atoms with Gasteiger partial charge in [0.1, 0.15) is 11.6 Å². The van der Waals surface area contributed by atoms with Crippen molar-refractivity contribution in [3.8, 4) is 6.07 Å². The molecule has 0 radical (unpaired) electrons. The van der Waals surface area contributed by atoms with Gasteiger partial charge in [-0.15, -0.1) is 0 Å². The smallest absolute Gasteiger partial charge is 0.331 e. The number of nitrogens with zero attached hydrogens (tertiary/aromatic N) is 4. The molecule has 6 heteroatoms. The van der Waals surface area contributed by atoms with Crippen LogP contribution in [0.15, 0.2) is 46.1 Å². The minimum atomic E-state index is -0.583. The fourth-order valence-corrected chi connectivity index (χ4v) is 2.20. The number of aromatic nitrogens is 2. The maximum Gasteiger partial charge on any atom is 0.331 e. The molecule has 23 heavy (non-hydrogen) atoms. The highest BCUT2D eigenvalue weighted by atomic mass is 16.2. The van der Waals surface area contributed by atoms with E-state index in [-0.39, 0.29) is 12.1 Å². The normalized spacial score (nSPS) is 10.7. The van der Waals surface area contributed by atoms with Crippen LogP contribution in [0.2, 0.25) is 0 Å². The fraction of sp³-hybridized carbons (Fsp3) is 0.235. The topological polar surface area (TPSA) is 71.0 Å². The van der Waals surface area contributed by atoms with E-state index in [4.69, 9.17) is 0 Å². The Hall–Kier alpha value is -3.07. The molecule has 0 amide bonds. The van der Waals surface area contributed by atoms with Crippen LogP contribution in [0.3, 0.4) is 0 Å². The highest BCUT2D eigenvalue weighted by Crippen LogP contribution is 2.08. The lowest BCUT2D eigenvalue weighted by atomic mass is 10.2. The van der Waals surface area contributed by atoms with Crippen molar-refractivity contribution in [1.29, 1.82) is 5.26 Å². The van der Waals surface area contributed by atoms with E-state index < -0.39 is 11.2 Å². The Morgan fingerprint density at radius 3 is 2.43 bits per heavy atom. The molecule has 6 nitrogen and oxygen atoms in total. The van der Waals surface area contributed by atoms with E-state index in [1.165, 1.54) is 11.6 Å². The molecular formula is C17H18N4O2. The highest BCUT2D eigenvalue weighted by Gasteiger charge is 2.15. The zero-order valence-corrected chi connectivity index (χ0v) is 13.4. The van der Waals surface area contributed by atoms with Crippen molar-refractivity contribution in [2.45, 2.75) is 6.54 Å². The van der Waals surface area contributed by atoms with Crippen molar-refractivity contribution < 1.29 is 0 Å². The Morgan fingerprint density at radius 1 is 1.22 bits per heavy atom. The van der Waals surface area contributed by atoms with Crippen LogP contribution in [0.4, 0.5) is 0 Å². The lowest BCUT2D eigenvalue weighted by molar-refractivity contribution is 0.566. The summed E-state index contributed by atoms with van der Waals surface area (Å²) in [4.78, 5) is 26.4. The second-order valence-electron chi connectivity index (χ2n) is 5.37. The average Bonchev–Trinajstić information content (AvgIpc) is 2.54. The Labute approximate surface area is 134 Å². The van der Waals surface area contributed by atoms with Gasteiger partial charge in [-0.3, -0.25) is 13.9 Å². The number of nitriles is 1. The molecule has 0 aliphatic heterocycles. The molecule has 0 aliphatic carbocycles. The maximum atomic E-state index is 12.5. The summed E-state index contributed by atoms with van der Waals surface area (Å²) in [6.45, 7) is 0.287.